The smallest absolute Gasteiger partial charge is 0.405 e. The van der Waals surface area contributed by atoms with Crippen LogP contribution in [0.25, 0.3) is 10.9 Å². The maximum atomic E-state index is 12.7. The Labute approximate surface area is 209 Å². The Bertz CT molecular complexity index is 1200. The van der Waals surface area contributed by atoms with Crippen molar-refractivity contribution in [3.8, 4) is 5.75 Å². The van der Waals surface area contributed by atoms with E-state index in [0.717, 1.165) is 48.5 Å². The fourth-order valence-corrected chi connectivity index (χ4v) is 4.59. The molecule has 0 unspecified atom stereocenters. The molecule has 186 valence electrons. The Morgan fingerprint density at radius 1 is 1.11 bits per heavy atom. The lowest BCUT2D eigenvalue weighted by molar-refractivity contribution is -0.274. The second-order valence-electron chi connectivity index (χ2n) is 8.42. The van der Waals surface area contributed by atoms with Gasteiger partial charge in [-0.25, -0.2) is 4.98 Å². The number of anilines is 2. The third-order valence-electron chi connectivity index (χ3n) is 5.99. The number of para-hydroxylation sites is 1. The molecule has 4 rings (SSSR count). The second-order valence-corrected chi connectivity index (χ2v) is 9.34. The van der Waals surface area contributed by atoms with Crippen molar-refractivity contribution >= 4 is 44.5 Å². The van der Waals surface area contributed by atoms with Gasteiger partial charge in [0.05, 0.1) is 11.1 Å². The number of carbonyl (C=O) groups excluding carboxylic acids is 1. The summed E-state index contributed by atoms with van der Waals surface area (Å²) >= 11 is 3.11. The highest BCUT2D eigenvalue weighted by Crippen LogP contribution is 2.30. The Kier molecular flexibility index (Phi) is 7.63. The first-order valence-electron chi connectivity index (χ1n) is 11.3. The van der Waals surface area contributed by atoms with E-state index in [0.29, 0.717) is 17.0 Å². The fraction of sp³-hybridized carbons (Fsp3) is 0.375. The lowest BCUT2D eigenvalue weighted by Gasteiger charge is -2.29. The molecule has 0 radical (unpaired) electrons. The van der Waals surface area contributed by atoms with Crippen LogP contribution in [0.2, 0.25) is 0 Å². The van der Waals surface area contributed by atoms with Crippen molar-refractivity contribution in [2.45, 2.75) is 38.1 Å². The zero-order valence-corrected chi connectivity index (χ0v) is 20.5. The largest absolute Gasteiger partial charge is 0.573 e. The minimum atomic E-state index is -4.89. The van der Waals surface area contributed by atoms with Crippen LogP contribution in [0, 0.1) is 5.92 Å². The minimum absolute atomic E-state index is 0.158. The molecule has 0 bridgehead atoms. The zero-order valence-electron chi connectivity index (χ0n) is 19.0. The predicted octanol–water partition coefficient (Wildman–Crippen LogP) is 5.73. The molecule has 0 spiro atoms. The molecule has 7 nitrogen and oxygen atoms in total. The summed E-state index contributed by atoms with van der Waals surface area (Å²) in [6.07, 6.45) is -1.43. The normalized spacial score (nSPS) is 18.2. The van der Waals surface area contributed by atoms with Crippen LogP contribution in [0.5, 0.6) is 5.75 Å². The Hall–Kier alpha value is -3.08. The van der Waals surface area contributed by atoms with Crippen LogP contribution >= 0.6 is 15.9 Å². The number of alkyl halides is 3. The number of halogens is 4. The highest BCUT2D eigenvalue weighted by Gasteiger charge is 2.33. The lowest BCUT2D eigenvalue weighted by Crippen LogP contribution is -2.34. The van der Waals surface area contributed by atoms with E-state index < -0.39 is 18.0 Å². The van der Waals surface area contributed by atoms with Gasteiger partial charge in [-0.15, -0.1) is 13.2 Å². The van der Waals surface area contributed by atoms with Gasteiger partial charge >= 0.3 is 6.36 Å². The van der Waals surface area contributed by atoms with Crippen LogP contribution < -0.4 is 20.7 Å². The van der Waals surface area contributed by atoms with Crippen LogP contribution in [-0.4, -0.2) is 41.9 Å². The summed E-state index contributed by atoms with van der Waals surface area (Å²) in [6, 6.07) is 11.9. The number of amides is 1. The Balaban J connectivity index is 1.31. The number of carbonyl (C=O) groups is 1. The number of fused-ring (bicyclic) bond motifs is 1. The van der Waals surface area contributed by atoms with Crippen LogP contribution in [-0.2, 0) is 0 Å². The third-order valence-corrected chi connectivity index (χ3v) is 6.48. The van der Waals surface area contributed by atoms with Gasteiger partial charge in [-0.1, -0.05) is 28.1 Å². The summed E-state index contributed by atoms with van der Waals surface area (Å²) in [6.45, 7) is 0.378. The summed E-state index contributed by atoms with van der Waals surface area (Å²) in [7, 11) is 1.82. The highest BCUT2D eigenvalue weighted by molar-refractivity contribution is 9.10. The van der Waals surface area contributed by atoms with Gasteiger partial charge in [-0.3, -0.25) is 4.79 Å². The molecule has 3 aromatic rings. The fourth-order valence-electron chi connectivity index (χ4n) is 4.25. The molecule has 1 aromatic heterocycles. The summed E-state index contributed by atoms with van der Waals surface area (Å²) in [5.41, 5.74) is 0.697. The van der Waals surface area contributed by atoms with E-state index in [1.807, 2.05) is 31.3 Å². The van der Waals surface area contributed by atoms with Gasteiger partial charge in [-0.05, 0) is 61.9 Å². The molecule has 0 aliphatic heterocycles. The van der Waals surface area contributed by atoms with Crippen molar-refractivity contribution in [1.29, 1.82) is 0 Å². The zero-order chi connectivity index (χ0) is 25.0. The van der Waals surface area contributed by atoms with E-state index in [1.54, 1.807) is 0 Å². The van der Waals surface area contributed by atoms with E-state index >= 15 is 0 Å². The molecule has 3 N–H and O–H groups in total. The molecule has 35 heavy (non-hydrogen) atoms. The summed E-state index contributed by atoms with van der Waals surface area (Å²) in [5, 5.41) is 10.2. The molecule has 1 aliphatic rings. The van der Waals surface area contributed by atoms with E-state index in [9.17, 15) is 18.0 Å². The van der Waals surface area contributed by atoms with E-state index in [-0.39, 0.29) is 17.5 Å². The van der Waals surface area contributed by atoms with Gasteiger partial charge in [-0.2, -0.15) is 4.98 Å². The number of aromatic nitrogens is 2. The molecule has 1 amide bonds. The summed E-state index contributed by atoms with van der Waals surface area (Å²) in [5.74, 6) is 0.424. The molecule has 11 heteroatoms. The van der Waals surface area contributed by atoms with Crippen LogP contribution in [0.3, 0.4) is 0 Å². The summed E-state index contributed by atoms with van der Waals surface area (Å²) < 4.78 is 42.6. The monoisotopic (exact) mass is 551 g/mol. The van der Waals surface area contributed by atoms with Crippen molar-refractivity contribution in [3.05, 3.63) is 52.5 Å². The molecular weight excluding hydrogens is 527 g/mol. The van der Waals surface area contributed by atoms with Gasteiger partial charge in [0.15, 0.2) is 0 Å². The number of benzene rings is 2. The minimum Gasteiger partial charge on any atom is -0.405 e. The van der Waals surface area contributed by atoms with E-state index in [2.05, 4.69) is 46.6 Å². The number of nitrogens with one attached hydrogen (secondary N) is 3. The van der Waals surface area contributed by atoms with E-state index in [4.69, 9.17) is 0 Å². The number of hydrogen-bond donors (Lipinski definition) is 3. The third kappa shape index (κ3) is 6.53. The second kappa shape index (κ2) is 10.7. The van der Waals surface area contributed by atoms with Crippen molar-refractivity contribution in [3.63, 3.8) is 0 Å². The van der Waals surface area contributed by atoms with Crippen molar-refractivity contribution in [2.24, 2.45) is 5.92 Å². The van der Waals surface area contributed by atoms with Crippen LogP contribution in [0.1, 0.15) is 36.0 Å². The quantitative estimate of drug-likeness (QED) is 0.347. The van der Waals surface area contributed by atoms with Gasteiger partial charge in [0.25, 0.3) is 5.91 Å². The molecule has 2 aromatic carbocycles. The van der Waals surface area contributed by atoms with Gasteiger partial charge in [0.1, 0.15) is 11.6 Å². The number of hydrogen-bond acceptors (Lipinski definition) is 6. The SMILES string of the molecule is CNc1nc(N[C@H]2CC[C@@H](CNC(=O)c3ccc(Br)cc3OC(F)(F)F)CC2)nc2ccccc12. The first-order chi connectivity index (χ1) is 16.7. The number of rotatable bonds is 7. The predicted molar refractivity (Wildman–Crippen MR) is 132 cm³/mol. The van der Waals surface area contributed by atoms with Crippen molar-refractivity contribution < 1.29 is 22.7 Å². The topological polar surface area (TPSA) is 88.2 Å². The maximum absolute atomic E-state index is 12.7. The average Bonchev–Trinajstić information content (AvgIpc) is 2.82. The first-order valence-corrected chi connectivity index (χ1v) is 12.1. The Morgan fingerprint density at radius 3 is 2.57 bits per heavy atom. The molecule has 0 saturated heterocycles. The Morgan fingerprint density at radius 2 is 1.86 bits per heavy atom. The van der Waals surface area contributed by atoms with Gasteiger partial charge in [0, 0.05) is 29.5 Å². The highest BCUT2D eigenvalue weighted by atomic mass is 79.9. The molecule has 1 fully saturated rings. The van der Waals surface area contributed by atoms with Crippen molar-refractivity contribution in [2.75, 3.05) is 24.2 Å². The maximum Gasteiger partial charge on any atom is 0.573 e. The van der Waals surface area contributed by atoms with E-state index in [1.165, 1.54) is 12.1 Å². The number of ether oxygens (including phenoxy) is 1. The standard InChI is InChI=1S/C24H25BrF3N5O2/c1-29-21-17-4-2-3-5-19(17)32-23(33-21)31-16-9-6-14(7-10-16)13-30-22(34)18-11-8-15(25)12-20(18)35-24(26,27)28/h2-5,8,11-12,14,16H,6-7,9-10,13H2,1H3,(H,30,34)(H2,29,31,32,33)/t14-,16+. The number of nitrogens with zero attached hydrogens (tertiary/aromatic N) is 2. The van der Waals surface area contributed by atoms with Crippen molar-refractivity contribution in [1.82, 2.24) is 15.3 Å². The molecular formula is C24H25BrF3N5O2. The first kappa shape index (κ1) is 25.0. The van der Waals surface area contributed by atoms with Gasteiger partial charge < -0.3 is 20.7 Å². The molecule has 1 heterocycles. The van der Waals surface area contributed by atoms with Gasteiger partial charge in [0.2, 0.25) is 5.95 Å². The lowest BCUT2D eigenvalue weighted by atomic mass is 9.86. The van der Waals surface area contributed by atoms with Crippen LogP contribution in [0.4, 0.5) is 24.9 Å². The van der Waals surface area contributed by atoms with Crippen LogP contribution in [0.15, 0.2) is 46.9 Å². The molecule has 1 aliphatic carbocycles. The summed E-state index contributed by atoms with van der Waals surface area (Å²) in [4.78, 5) is 21.8. The molecule has 0 atom stereocenters. The molecule has 1 saturated carbocycles. The average molecular weight is 552 g/mol.